The van der Waals surface area contributed by atoms with Gasteiger partial charge in [-0.15, -0.1) is 0 Å². The smallest absolute Gasteiger partial charge is 0.306 e. The second-order valence-electron chi connectivity index (χ2n) is 3.22. The van der Waals surface area contributed by atoms with Crippen LogP contribution in [0.15, 0.2) is 24.3 Å². The van der Waals surface area contributed by atoms with E-state index in [2.05, 4.69) is 10.8 Å². The molecule has 82 valence electrons. The van der Waals surface area contributed by atoms with Crippen LogP contribution in [-0.2, 0) is 4.84 Å². The number of carbonyl (C=O) groups is 1. The molecular formula is C11H16N2O2. The fourth-order valence-corrected chi connectivity index (χ4v) is 1.08. The third-order valence-corrected chi connectivity index (χ3v) is 1.86. The average Bonchev–Trinajstić information content (AvgIpc) is 2.22. The van der Waals surface area contributed by atoms with Crippen molar-refractivity contribution in [2.45, 2.75) is 20.3 Å². The van der Waals surface area contributed by atoms with Gasteiger partial charge in [0.2, 0.25) is 0 Å². The van der Waals surface area contributed by atoms with Crippen molar-refractivity contribution in [1.82, 2.24) is 5.48 Å². The number of hydroxylamine groups is 1. The van der Waals surface area contributed by atoms with Crippen molar-refractivity contribution in [1.29, 1.82) is 0 Å². The number of urea groups is 1. The van der Waals surface area contributed by atoms with Crippen LogP contribution in [0.4, 0.5) is 10.5 Å². The van der Waals surface area contributed by atoms with E-state index in [9.17, 15) is 4.79 Å². The summed E-state index contributed by atoms with van der Waals surface area (Å²) in [5.74, 6) is 0. The Balaban J connectivity index is 2.41. The molecule has 0 heterocycles. The van der Waals surface area contributed by atoms with Crippen molar-refractivity contribution in [3.63, 3.8) is 0 Å². The van der Waals surface area contributed by atoms with Gasteiger partial charge in [0.05, 0.1) is 6.61 Å². The molecule has 0 unspecified atom stereocenters. The van der Waals surface area contributed by atoms with Crippen LogP contribution in [0.25, 0.3) is 0 Å². The third kappa shape index (κ3) is 3.99. The number of hydrogen-bond donors (Lipinski definition) is 2. The van der Waals surface area contributed by atoms with Gasteiger partial charge in [0, 0.05) is 5.69 Å². The maximum Gasteiger partial charge on any atom is 0.343 e. The minimum atomic E-state index is -0.349. The molecule has 0 saturated heterocycles. The molecule has 0 aromatic heterocycles. The van der Waals surface area contributed by atoms with E-state index >= 15 is 0 Å². The summed E-state index contributed by atoms with van der Waals surface area (Å²) in [5, 5.41) is 2.69. The fraction of sp³-hybridized carbons (Fsp3) is 0.364. The number of amides is 2. The lowest BCUT2D eigenvalue weighted by molar-refractivity contribution is 0.0664. The van der Waals surface area contributed by atoms with Crippen molar-refractivity contribution in [2.75, 3.05) is 11.9 Å². The number of hydrogen-bond acceptors (Lipinski definition) is 2. The molecule has 1 aromatic rings. The van der Waals surface area contributed by atoms with Gasteiger partial charge in [-0.25, -0.2) is 10.3 Å². The van der Waals surface area contributed by atoms with E-state index in [0.717, 1.165) is 17.7 Å². The SMILES string of the molecule is CCCONC(=O)Nc1ccccc1C. The largest absolute Gasteiger partial charge is 0.343 e. The fourth-order valence-electron chi connectivity index (χ4n) is 1.08. The third-order valence-electron chi connectivity index (χ3n) is 1.86. The first-order valence-corrected chi connectivity index (χ1v) is 4.98. The van der Waals surface area contributed by atoms with Crippen molar-refractivity contribution in [3.05, 3.63) is 29.8 Å². The summed E-state index contributed by atoms with van der Waals surface area (Å²) < 4.78 is 0. The Labute approximate surface area is 89.6 Å². The van der Waals surface area contributed by atoms with Gasteiger partial charge in [0.1, 0.15) is 0 Å². The van der Waals surface area contributed by atoms with Gasteiger partial charge in [-0.2, -0.15) is 0 Å². The Morgan fingerprint density at radius 1 is 1.40 bits per heavy atom. The molecule has 4 heteroatoms. The van der Waals surface area contributed by atoms with E-state index in [1.165, 1.54) is 0 Å². The molecule has 0 aliphatic rings. The average molecular weight is 208 g/mol. The second-order valence-corrected chi connectivity index (χ2v) is 3.22. The Kier molecular flexibility index (Phi) is 4.63. The molecule has 0 aliphatic carbocycles. The molecule has 2 N–H and O–H groups in total. The predicted molar refractivity (Wildman–Crippen MR) is 59.6 cm³/mol. The van der Waals surface area contributed by atoms with Gasteiger partial charge in [0.15, 0.2) is 0 Å². The van der Waals surface area contributed by atoms with E-state index in [4.69, 9.17) is 4.84 Å². The van der Waals surface area contributed by atoms with Gasteiger partial charge in [-0.05, 0) is 25.0 Å². The highest BCUT2D eigenvalue weighted by molar-refractivity contribution is 5.89. The molecule has 0 fully saturated rings. The van der Waals surface area contributed by atoms with Crippen LogP contribution in [0.5, 0.6) is 0 Å². The zero-order valence-corrected chi connectivity index (χ0v) is 9.04. The van der Waals surface area contributed by atoms with Gasteiger partial charge in [0.25, 0.3) is 0 Å². The molecule has 0 spiro atoms. The van der Waals surface area contributed by atoms with Crippen LogP contribution in [0.3, 0.4) is 0 Å². The normalized spacial score (nSPS) is 9.73. The van der Waals surface area contributed by atoms with E-state index in [1.54, 1.807) is 0 Å². The van der Waals surface area contributed by atoms with Gasteiger partial charge in [-0.3, -0.25) is 4.84 Å². The molecule has 0 atom stereocenters. The molecule has 1 aromatic carbocycles. The van der Waals surface area contributed by atoms with E-state index in [0.29, 0.717) is 6.61 Å². The first-order valence-electron chi connectivity index (χ1n) is 4.98. The quantitative estimate of drug-likeness (QED) is 0.590. The lowest BCUT2D eigenvalue weighted by atomic mass is 10.2. The minimum Gasteiger partial charge on any atom is -0.306 e. The van der Waals surface area contributed by atoms with E-state index in [-0.39, 0.29) is 6.03 Å². The summed E-state index contributed by atoms with van der Waals surface area (Å²) >= 11 is 0. The Morgan fingerprint density at radius 2 is 2.13 bits per heavy atom. The zero-order chi connectivity index (χ0) is 11.1. The molecule has 0 bridgehead atoms. The summed E-state index contributed by atoms with van der Waals surface area (Å²) in [4.78, 5) is 16.2. The summed E-state index contributed by atoms with van der Waals surface area (Å²) in [6, 6.07) is 7.22. The maximum absolute atomic E-state index is 11.3. The summed E-state index contributed by atoms with van der Waals surface area (Å²) in [6.07, 6.45) is 0.866. The van der Waals surface area contributed by atoms with Crippen molar-refractivity contribution >= 4 is 11.7 Å². The molecule has 0 aliphatic heterocycles. The highest BCUT2D eigenvalue weighted by atomic mass is 16.7. The van der Waals surface area contributed by atoms with Crippen LogP contribution < -0.4 is 10.8 Å². The van der Waals surface area contributed by atoms with Crippen LogP contribution in [0, 0.1) is 6.92 Å². The molecular weight excluding hydrogens is 192 g/mol. The predicted octanol–water partition coefficient (Wildman–Crippen LogP) is 2.46. The number of rotatable bonds is 4. The van der Waals surface area contributed by atoms with Gasteiger partial charge >= 0.3 is 6.03 Å². The lowest BCUT2D eigenvalue weighted by Crippen LogP contribution is -2.29. The summed E-state index contributed by atoms with van der Waals surface area (Å²) in [6.45, 7) is 4.42. The Hall–Kier alpha value is -1.55. The van der Waals surface area contributed by atoms with Crippen molar-refractivity contribution in [2.24, 2.45) is 0 Å². The molecule has 0 saturated carbocycles. The number of aryl methyl sites for hydroxylation is 1. The number of nitrogens with one attached hydrogen (secondary N) is 2. The molecule has 1 rings (SSSR count). The highest BCUT2D eigenvalue weighted by Crippen LogP contribution is 2.12. The second kappa shape index (κ2) is 6.03. The minimum absolute atomic E-state index is 0.349. The first-order chi connectivity index (χ1) is 7.24. The zero-order valence-electron chi connectivity index (χ0n) is 9.04. The summed E-state index contributed by atoms with van der Waals surface area (Å²) in [5.41, 5.74) is 4.11. The molecule has 0 radical (unpaired) electrons. The summed E-state index contributed by atoms with van der Waals surface area (Å²) in [7, 11) is 0. The van der Waals surface area contributed by atoms with Crippen LogP contribution in [0.1, 0.15) is 18.9 Å². The van der Waals surface area contributed by atoms with Gasteiger partial charge < -0.3 is 5.32 Å². The number of anilines is 1. The number of benzene rings is 1. The number of carbonyl (C=O) groups excluding carboxylic acids is 1. The van der Waals surface area contributed by atoms with E-state index < -0.39 is 0 Å². The van der Waals surface area contributed by atoms with Crippen LogP contribution in [-0.4, -0.2) is 12.6 Å². The molecule has 2 amide bonds. The van der Waals surface area contributed by atoms with Crippen molar-refractivity contribution < 1.29 is 9.63 Å². The Bertz CT molecular complexity index is 326. The Morgan fingerprint density at radius 3 is 2.80 bits per heavy atom. The lowest BCUT2D eigenvalue weighted by Gasteiger charge is -2.08. The van der Waals surface area contributed by atoms with E-state index in [1.807, 2.05) is 38.1 Å². The topological polar surface area (TPSA) is 50.4 Å². The molecule has 4 nitrogen and oxygen atoms in total. The standard InChI is InChI=1S/C11H16N2O2/c1-3-8-15-13-11(14)12-10-7-5-4-6-9(10)2/h4-7H,3,8H2,1-2H3,(H2,12,13,14). The number of para-hydroxylation sites is 1. The van der Waals surface area contributed by atoms with Gasteiger partial charge in [-0.1, -0.05) is 25.1 Å². The van der Waals surface area contributed by atoms with Crippen LogP contribution >= 0.6 is 0 Å². The monoisotopic (exact) mass is 208 g/mol. The van der Waals surface area contributed by atoms with Crippen molar-refractivity contribution in [3.8, 4) is 0 Å². The highest BCUT2D eigenvalue weighted by Gasteiger charge is 2.02. The molecule has 15 heavy (non-hydrogen) atoms. The maximum atomic E-state index is 11.3. The first kappa shape index (κ1) is 11.5. The van der Waals surface area contributed by atoms with Crippen LogP contribution in [0.2, 0.25) is 0 Å².